The molecule has 0 bridgehead atoms. The van der Waals surface area contributed by atoms with Crippen molar-refractivity contribution in [3.63, 3.8) is 0 Å². The summed E-state index contributed by atoms with van der Waals surface area (Å²) in [5.41, 5.74) is 0.773. The van der Waals surface area contributed by atoms with E-state index in [1.807, 2.05) is 25.1 Å². The standard InChI is InChI=1S/C19H27N3O4/c1-3-5-8-21(4-2)19(24)20-14-11-18(23)22(13-14)15-6-7-16-17(12-15)26-10-9-25-16/h6-7,12,14H,3-5,8-11,13H2,1-2H3,(H,20,24). The van der Waals surface area contributed by atoms with Crippen LogP contribution in [0.4, 0.5) is 10.5 Å². The van der Waals surface area contributed by atoms with Crippen LogP contribution in [0.5, 0.6) is 11.5 Å². The van der Waals surface area contributed by atoms with Crippen molar-refractivity contribution in [2.24, 2.45) is 0 Å². The SMILES string of the molecule is CCCCN(CC)C(=O)NC1CC(=O)N(c2ccc3c(c2)OCCO3)C1. The zero-order valence-corrected chi connectivity index (χ0v) is 15.5. The predicted octanol–water partition coefficient (Wildman–Crippen LogP) is 2.39. The van der Waals surface area contributed by atoms with E-state index in [-0.39, 0.29) is 18.0 Å². The van der Waals surface area contributed by atoms with Crippen LogP contribution in [0, 0.1) is 0 Å². The zero-order valence-electron chi connectivity index (χ0n) is 15.5. The van der Waals surface area contributed by atoms with Gasteiger partial charge in [-0.15, -0.1) is 0 Å². The van der Waals surface area contributed by atoms with Crippen molar-refractivity contribution < 1.29 is 19.1 Å². The first kappa shape index (κ1) is 18.4. The van der Waals surface area contributed by atoms with Crippen LogP contribution in [-0.2, 0) is 4.79 Å². The Kier molecular flexibility index (Phi) is 5.85. The monoisotopic (exact) mass is 361 g/mol. The molecule has 1 aromatic rings. The maximum atomic E-state index is 12.4. The maximum Gasteiger partial charge on any atom is 0.317 e. The van der Waals surface area contributed by atoms with Gasteiger partial charge in [0, 0.05) is 37.8 Å². The summed E-state index contributed by atoms with van der Waals surface area (Å²) in [7, 11) is 0. The lowest BCUT2D eigenvalue weighted by Gasteiger charge is -2.24. The fourth-order valence-corrected chi connectivity index (χ4v) is 3.27. The van der Waals surface area contributed by atoms with Gasteiger partial charge in [-0.2, -0.15) is 0 Å². The highest BCUT2D eigenvalue weighted by Crippen LogP contribution is 2.35. The second-order valence-electron chi connectivity index (χ2n) is 6.62. The summed E-state index contributed by atoms with van der Waals surface area (Å²) >= 11 is 0. The molecular formula is C19H27N3O4. The number of rotatable bonds is 6. The number of carbonyl (C=O) groups is 2. The molecule has 2 aliphatic rings. The topological polar surface area (TPSA) is 71.1 Å². The largest absolute Gasteiger partial charge is 0.486 e. The van der Waals surface area contributed by atoms with E-state index in [0.717, 1.165) is 25.1 Å². The van der Waals surface area contributed by atoms with Gasteiger partial charge < -0.3 is 24.6 Å². The molecule has 0 radical (unpaired) electrons. The van der Waals surface area contributed by atoms with Gasteiger partial charge >= 0.3 is 6.03 Å². The van der Waals surface area contributed by atoms with Crippen LogP contribution in [0.1, 0.15) is 33.1 Å². The van der Waals surface area contributed by atoms with Crippen LogP contribution in [0.2, 0.25) is 0 Å². The van der Waals surface area contributed by atoms with Crippen molar-refractivity contribution in [3.05, 3.63) is 18.2 Å². The lowest BCUT2D eigenvalue weighted by Crippen LogP contribution is -2.46. The molecule has 2 heterocycles. The van der Waals surface area contributed by atoms with E-state index in [1.54, 1.807) is 9.80 Å². The van der Waals surface area contributed by atoms with Crippen LogP contribution in [-0.4, -0.2) is 55.7 Å². The van der Waals surface area contributed by atoms with Gasteiger partial charge in [-0.1, -0.05) is 13.3 Å². The highest BCUT2D eigenvalue weighted by Gasteiger charge is 2.33. The van der Waals surface area contributed by atoms with E-state index in [2.05, 4.69) is 12.2 Å². The van der Waals surface area contributed by atoms with Gasteiger partial charge in [-0.25, -0.2) is 4.79 Å². The molecule has 1 N–H and O–H groups in total. The maximum absolute atomic E-state index is 12.4. The number of benzene rings is 1. The normalized spacial score (nSPS) is 18.8. The third-order valence-corrected chi connectivity index (χ3v) is 4.74. The average molecular weight is 361 g/mol. The summed E-state index contributed by atoms with van der Waals surface area (Å²) in [5, 5.41) is 3.00. The quantitative estimate of drug-likeness (QED) is 0.845. The number of nitrogens with zero attached hydrogens (tertiary/aromatic N) is 2. The Bertz CT molecular complexity index is 664. The second-order valence-corrected chi connectivity index (χ2v) is 6.62. The number of fused-ring (bicyclic) bond motifs is 1. The first-order chi connectivity index (χ1) is 12.6. The van der Waals surface area contributed by atoms with E-state index in [9.17, 15) is 9.59 Å². The highest BCUT2D eigenvalue weighted by atomic mass is 16.6. The van der Waals surface area contributed by atoms with Crippen LogP contribution in [0.25, 0.3) is 0 Å². The number of urea groups is 1. The van der Waals surface area contributed by atoms with Gasteiger partial charge in [0.2, 0.25) is 5.91 Å². The van der Waals surface area contributed by atoms with Gasteiger partial charge in [0.25, 0.3) is 0 Å². The fraction of sp³-hybridized carbons (Fsp3) is 0.579. The Morgan fingerprint density at radius 3 is 2.77 bits per heavy atom. The van der Waals surface area contributed by atoms with Crippen molar-refractivity contribution in [2.75, 3.05) is 37.7 Å². The first-order valence-corrected chi connectivity index (χ1v) is 9.37. The molecule has 2 aliphatic heterocycles. The molecule has 7 heteroatoms. The van der Waals surface area contributed by atoms with Gasteiger partial charge in [0.15, 0.2) is 11.5 Å². The molecule has 1 fully saturated rings. The molecular weight excluding hydrogens is 334 g/mol. The molecule has 1 unspecified atom stereocenters. The van der Waals surface area contributed by atoms with E-state index in [0.29, 0.717) is 44.2 Å². The molecule has 3 amide bonds. The van der Waals surface area contributed by atoms with Crippen molar-refractivity contribution in [1.82, 2.24) is 10.2 Å². The third kappa shape index (κ3) is 4.03. The lowest BCUT2D eigenvalue weighted by atomic mass is 10.2. The molecule has 1 saturated heterocycles. The minimum atomic E-state index is -0.182. The summed E-state index contributed by atoms with van der Waals surface area (Å²) in [6.07, 6.45) is 2.34. The number of carbonyl (C=O) groups excluding carboxylic acids is 2. The molecule has 1 aromatic carbocycles. The Morgan fingerprint density at radius 1 is 1.27 bits per heavy atom. The lowest BCUT2D eigenvalue weighted by molar-refractivity contribution is -0.117. The molecule has 1 atom stereocenters. The average Bonchev–Trinajstić information content (AvgIpc) is 3.02. The predicted molar refractivity (Wildman–Crippen MR) is 98.9 cm³/mol. The van der Waals surface area contributed by atoms with Crippen molar-refractivity contribution in [2.45, 2.75) is 39.2 Å². The number of nitrogens with one attached hydrogen (secondary N) is 1. The van der Waals surface area contributed by atoms with Crippen molar-refractivity contribution in [3.8, 4) is 11.5 Å². The highest BCUT2D eigenvalue weighted by molar-refractivity contribution is 5.97. The minimum Gasteiger partial charge on any atom is -0.486 e. The number of amides is 3. The van der Waals surface area contributed by atoms with E-state index in [1.165, 1.54) is 0 Å². The second kappa shape index (κ2) is 8.29. The number of anilines is 1. The van der Waals surface area contributed by atoms with E-state index < -0.39 is 0 Å². The molecule has 7 nitrogen and oxygen atoms in total. The van der Waals surface area contributed by atoms with Crippen molar-refractivity contribution >= 4 is 17.6 Å². The van der Waals surface area contributed by atoms with Crippen LogP contribution >= 0.6 is 0 Å². The molecule has 142 valence electrons. The fourth-order valence-electron chi connectivity index (χ4n) is 3.27. The van der Waals surface area contributed by atoms with Crippen LogP contribution in [0.15, 0.2) is 18.2 Å². The van der Waals surface area contributed by atoms with E-state index in [4.69, 9.17) is 9.47 Å². The number of ether oxygens (including phenoxy) is 2. The Labute approximate surface area is 154 Å². The molecule has 0 spiro atoms. The molecule has 0 saturated carbocycles. The summed E-state index contributed by atoms with van der Waals surface area (Å²) in [4.78, 5) is 28.4. The molecule has 3 rings (SSSR count). The Balaban J connectivity index is 1.62. The number of hydrogen-bond acceptors (Lipinski definition) is 4. The Hall–Kier alpha value is -2.44. The number of hydrogen-bond donors (Lipinski definition) is 1. The molecule has 26 heavy (non-hydrogen) atoms. The summed E-state index contributed by atoms with van der Waals surface area (Å²) in [5.74, 6) is 1.36. The van der Waals surface area contributed by atoms with Crippen molar-refractivity contribution in [1.29, 1.82) is 0 Å². The third-order valence-electron chi connectivity index (χ3n) is 4.74. The smallest absolute Gasteiger partial charge is 0.317 e. The Morgan fingerprint density at radius 2 is 2.04 bits per heavy atom. The van der Waals surface area contributed by atoms with Gasteiger partial charge in [0.1, 0.15) is 13.2 Å². The van der Waals surface area contributed by atoms with Crippen LogP contribution in [0.3, 0.4) is 0 Å². The van der Waals surface area contributed by atoms with Gasteiger partial charge in [0.05, 0.1) is 6.04 Å². The summed E-state index contributed by atoms with van der Waals surface area (Å²) < 4.78 is 11.1. The first-order valence-electron chi connectivity index (χ1n) is 9.37. The zero-order chi connectivity index (χ0) is 18.5. The van der Waals surface area contributed by atoms with Crippen LogP contribution < -0.4 is 19.7 Å². The molecule has 0 aliphatic carbocycles. The van der Waals surface area contributed by atoms with Gasteiger partial charge in [-0.3, -0.25) is 4.79 Å². The summed E-state index contributed by atoms with van der Waals surface area (Å²) in [6, 6.07) is 5.24. The minimum absolute atomic E-state index is 0.00332. The summed E-state index contributed by atoms with van der Waals surface area (Å²) in [6.45, 7) is 6.99. The van der Waals surface area contributed by atoms with Gasteiger partial charge in [-0.05, 0) is 25.5 Å². The van der Waals surface area contributed by atoms with E-state index >= 15 is 0 Å². The number of unbranched alkanes of at least 4 members (excludes halogenated alkanes) is 1. The molecule has 0 aromatic heterocycles.